The van der Waals surface area contributed by atoms with E-state index in [9.17, 15) is 13.2 Å². The number of sulfone groups is 1. The molecule has 2 fully saturated rings. The summed E-state index contributed by atoms with van der Waals surface area (Å²) in [5, 5.41) is 3.18. The molecule has 1 N–H and O–H groups in total. The minimum Gasteiger partial charge on any atom is -0.353 e. The van der Waals surface area contributed by atoms with Gasteiger partial charge in [-0.3, -0.25) is 9.69 Å². The Labute approximate surface area is 203 Å². The minimum atomic E-state index is -3.25. The van der Waals surface area contributed by atoms with E-state index in [1.807, 2.05) is 6.07 Å². The first-order chi connectivity index (χ1) is 16.5. The smallest absolute Gasteiger partial charge is 0.222 e. The van der Waals surface area contributed by atoms with Crippen molar-refractivity contribution in [3.05, 3.63) is 65.7 Å². The average molecular weight is 482 g/mol. The van der Waals surface area contributed by atoms with Gasteiger partial charge in [-0.2, -0.15) is 0 Å². The van der Waals surface area contributed by atoms with Gasteiger partial charge in [0, 0.05) is 37.6 Å². The zero-order valence-corrected chi connectivity index (χ0v) is 20.6. The highest BCUT2D eigenvalue weighted by molar-refractivity contribution is 7.91. The Kier molecular flexibility index (Phi) is 7.04. The van der Waals surface area contributed by atoms with Gasteiger partial charge in [-0.1, -0.05) is 42.5 Å². The summed E-state index contributed by atoms with van der Waals surface area (Å²) in [6.07, 6.45) is 5.77. The third-order valence-electron chi connectivity index (χ3n) is 7.58. The maximum absolute atomic E-state index is 12.7. The van der Waals surface area contributed by atoms with Crippen LogP contribution in [0.5, 0.6) is 0 Å². The molecule has 7 heteroatoms. The summed E-state index contributed by atoms with van der Waals surface area (Å²) in [4.78, 5) is 18.0. The first kappa shape index (κ1) is 23.5. The van der Waals surface area contributed by atoms with E-state index in [2.05, 4.69) is 39.4 Å². The van der Waals surface area contributed by atoms with Gasteiger partial charge in [0.05, 0.1) is 10.6 Å². The van der Waals surface area contributed by atoms with Gasteiger partial charge in [0.1, 0.15) is 0 Å². The summed E-state index contributed by atoms with van der Waals surface area (Å²) < 4.78 is 25.3. The first-order valence-corrected chi connectivity index (χ1v) is 14.3. The van der Waals surface area contributed by atoms with Crippen molar-refractivity contribution in [1.82, 2.24) is 15.1 Å². The molecular weight excluding hydrogens is 446 g/mol. The second-order valence-electron chi connectivity index (χ2n) is 9.95. The molecule has 2 aromatic rings. The van der Waals surface area contributed by atoms with Crippen LogP contribution < -0.4 is 5.32 Å². The van der Waals surface area contributed by atoms with Crippen molar-refractivity contribution < 1.29 is 13.2 Å². The number of nitrogens with zero attached hydrogens (tertiary/aromatic N) is 2. The lowest BCUT2D eigenvalue weighted by Crippen LogP contribution is -2.50. The number of fused-ring (bicyclic) bond motifs is 1. The van der Waals surface area contributed by atoms with Crippen molar-refractivity contribution in [2.75, 3.05) is 31.9 Å². The lowest BCUT2D eigenvalue weighted by atomic mass is 9.87. The van der Waals surface area contributed by atoms with Gasteiger partial charge in [-0.15, -0.1) is 0 Å². The van der Waals surface area contributed by atoms with E-state index < -0.39 is 9.84 Å². The number of amides is 1. The third kappa shape index (κ3) is 5.53. The van der Waals surface area contributed by atoms with Gasteiger partial charge in [-0.25, -0.2) is 8.42 Å². The molecule has 1 unspecified atom stereocenters. The van der Waals surface area contributed by atoms with E-state index in [0.717, 1.165) is 51.7 Å². The summed E-state index contributed by atoms with van der Waals surface area (Å²) >= 11 is 0. The molecule has 3 aliphatic rings. The monoisotopic (exact) mass is 481 g/mol. The van der Waals surface area contributed by atoms with Crippen LogP contribution in [0.1, 0.15) is 49.3 Å². The summed E-state index contributed by atoms with van der Waals surface area (Å²) in [7, 11) is -3.25. The Balaban J connectivity index is 1.20. The summed E-state index contributed by atoms with van der Waals surface area (Å²) in [5.41, 5.74) is 2.67. The molecule has 0 spiro atoms. The summed E-state index contributed by atoms with van der Waals surface area (Å²) in [6.45, 7) is 3.34. The molecule has 1 amide bonds. The van der Waals surface area contributed by atoms with Crippen LogP contribution in [0.2, 0.25) is 0 Å². The number of carbonyl (C=O) groups excluding carboxylic acids is 1. The van der Waals surface area contributed by atoms with Crippen LogP contribution in [0.3, 0.4) is 0 Å². The van der Waals surface area contributed by atoms with Crippen LogP contribution in [-0.2, 0) is 21.1 Å². The first-order valence-electron chi connectivity index (χ1n) is 12.6. The Hall–Kier alpha value is -2.22. The molecule has 2 aliphatic heterocycles. The van der Waals surface area contributed by atoms with Gasteiger partial charge in [0.15, 0.2) is 9.84 Å². The Morgan fingerprint density at radius 3 is 2.35 bits per heavy atom. The van der Waals surface area contributed by atoms with Gasteiger partial charge >= 0.3 is 0 Å². The maximum Gasteiger partial charge on any atom is 0.222 e. The fourth-order valence-electron chi connectivity index (χ4n) is 5.49. The maximum atomic E-state index is 12.7. The summed E-state index contributed by atoms with van der Waals surface area (Å²) in [5.74, 6) is 0.320. The number of piperidine rings is 1. The van der Waals surface area contributed by atoms with Crippen LogP contribution in [0.15, 0.2) is 59.5 Å². The number of rotatable bonds is 8. The predicted molar refractivity (Wildman–Crippen MR) is 133 cm³/mol. The van der Waals surface area contributed by atoms with Crippen LogP contribution in [-0.4, -0.2) is 68.1 Å². The topological polar surface area (TPSA) is 69.7 Å². The molecule has 6 nitrogen and oxygen atoms in total. The Morgan fingerprint density at radius 1 is 0.912 bits per heavy atom. The van der Waals surface area contributed by atoms with E-state index in [1.165, 1.54) is 11.1 Å². The second kappa shape index (κ2) is 10.2. The molecule has 1 aliphatic carbocycles. The van der Waals surface area contributed by atoms with Gasteiger partial charge in [0.25, 0.3) is 0 Å². The highest BCUT2D eigenvalue weighted by Gasteiger charge is 2.36. The molecule has 1 atom stereocenters. The molecule has 1 saturated carbocycles. The number of carbonyl (C=O) groups is 1. The normalized spacial score (nSPS) is 22.3. The largest absolute Gasteiger partial charge is 0.353 e. The third-order valence-corrected chi connectivity index (χ3v) is 9.29. The van der Waals surface area contributed by atoms with E-state index in [0.29, 0.717) is 29.9 Å². The number of hydrogen-bond acceptors (Lipinski definition) is 5. The van der Waals surface area contributed by atoms with Crippen molar-refractivity contribution in [1.29, 1.82) is 0 Å². The van der Waals surface area contributed by atoms with Gasteiger partial charge < -0.3 is 10.2 Å². The van der Waals surface area contributed by atoms with Crippen molar-refractivity contribution in [2.45, 2.75) is 61.5 Å². The molecule has 2 aromatic carbocycles. The molecule has 0 aromatic heterocycles. The molecule has 0 bridgehead atoms. The Morgan fingerprint density at radius 2 is 1.62 bits per heavy atom. The van der Waals surface area contributed by atoms with Crippen LogP contribution >= 0.6 is 0 Å². The quantitative estimate of drug-likeness (QED) is 0.627. The predicted octanol–water partition coefficient (Wildman–Crippen LogP) is 3.19. The van der Waals surface area contributed by atoms with Crippen LogP contribution in [0, 0.1) is 0 Å². The highest BCUT2D eigenvalue weighted by atomic mass is 32.2. The lowest BCUT2D eigenvalue weighted by molar-refractivity contribution is -0.123. The van der Waals surface area contributed by atoms with Crippen molar-refractivity contribution in [2.24, 2.45) is 0 Å². The molecule has 34 heavy (non-hydrogen) atoms. The average Bonchev–Trinajstić information content (AvgIpc) is 3.68. The van der Waals surface area contributed by atoms with Crippen molar-refractivity contribution >= 4 is 15.7 Å². The molecule has 2 heterocycles. The molecular formula is C27H35N3O3S. The standard InChI is InChI=1S/C27H35N3O3S/c31-27(28-22-10-11-22)20-26-25-9-5-4-6-21(25)12-17-30(26)23-13-15-29(16-14-23)18-19-34(32,33)24-7-2-1-3-8-24/h1-9,22-23,26H,10-20H2,(H,28,31). The zero-order chi connectivity index (χ0) is 23.5. The van der Waals surface area contributed by atoms with Crippen molar-refractivity contribution in [3.63, 3.8) is 0 Å². The molecule has 1 saturated heterocycles. The highest BCUT2D eigenvalue weighted by Crippen LogP contribution is 2.36. The van der Waals surface area contributed by atoms with E-state index in [-0.39, 0.29) is 17.7 Å². The Bertz CT molecular complexity index is 1090. The second-order valence-corrected chi connectivity index (χ2v) is 12.1. The van der Waals surface area contributed by atoms with E-state index in [4.69, 9.17) is 0 Å². The fraction of sp³-hybridized carbons (Fsp3) is 0.519. The minimum absolute atomic E-state index is 0.124. The fourth-order valence-corrected chi connectivity index (χ4v) is 6.80. The van der Waals surface area contributed by atoms with E-state index in [1.54, 1.807) is 24.3 Å². The van der Waals surface area contributed by atoms with Gasteiger partial charge in [-0.05, 0) is 68.5 Å². The molecule has 0 radical (unpaired) electrons. The molecule has 182 valence electrons. The van der Waals surface area contributed by atoms with Crippen LogP contribution in [0.4, 0.5) is 0 Å². The number of likely N-dealkylation sites (tertiary alicyclic amines) is 1. The summed E-state index contributed by atoms with van der Waals surface area (Å²) in [6, 6.07) is 18.3. The number of nitrogens with one attached hydrogen (secondary N) is 1. The SMILES string of the molecule is O=C(CC1c2ccccc2CCN1C1CCN(CCS(=O)(=O)c2ccccc2)CC1)NC1CC1. The zero-order valence-electron chi connectivity index (χ0n) is 19.7. The lowest BCUT2D eigenvalue weighted by Gasteiger charge is -2.45. The number of hydrogen-bond donors (Lipinski definition) is 1. The van der Waals surface area contributed by atoms with Crippen molar-refractivity contribution in [3.8, 4) is 0 Å². The number of benzene rings is 2. The van der Waals surface area contributed by atoms with E-state index >= 15 is 0 Å². The van der Waals surface area contributed by atoms with Crippen LogP contribution in [0.25, 0.3) is 0 Å². The molecule has 5 rings (SSSR count). The van der Waals surface area contributed by atoms with Gasteiger partial charge in [0.2, 0.25) is 5.91 Å².